The van der Waals surface area contributed by atoms with Crippen LogP contribution in [0.15, 0.2) is 69.3 Å². The number of rotatable bonds is 6. The average molecular weight is 502 g/mol. The van der Waals surface area contributed by atoms with Crippen LogP contribution in [0.25, 0.3) is 0 Å². The van der Waals surface area contributed by atoms with Crippen molar-refractivity contribution in [3.63, 3.8) is 0 Å². The second-order valence-corrected chi connectivity index (χ2v) is 8.81. The minimum absolute atomic E-state index is 0.124. The van der Waals surface area contributed by atoms with Gasteiger partial charge in [0.05, 0.1) is 17.9 Å². The van der Waals surface area contributed by atoms with Crippen LogP contribution in [-0.4, -0.2) is 29.4 Å². The number of hydrogen-bond donors (Lipinski definition) is 2. The van der Waals surface area contributed by atoms with Gasteiger partial charge in [-0.3, -0.25) is 4.79 Å². The summed E-state index contributed by atoms with van der Waals surface area (Å²) in [6, 6.07) is 14.8. The van der Waals surface area contributed by atoms with Crippen molar-refractivity contribution >= 4 is 50.4 Å². The van der Waals surface area contributed by atoms with Crippen LogP contribution in [-0.2, 0) is 14.3 Å². The lowest BCUT2D eigenvalue weighted by molar-refractivity contribution is -0.139. The largest absolute Gasteiger partial charge is 0.463 e. The highest BCUT2D eigenvalue weighted by molar-refractivity contribution is 9.10. The van der Waals surface area contributed by atoms with Crippen molar-refractivity contribution in [2.75, 3.05) is 17.7 Å². The van der Waals surface area contributed by atoms with Gasteiger partial charge in [0.15, 0.2) is 5.17 Å². The summed E-state index contributed by atoms with van der Waals surface area (Å²) in [6.07, 6.45) is 0. The highest BCUT2D eigenvalue weighted by Gasteiger charge is 2.30. The van der Waals surface area contributed by atoms with Crippen LogP contribution in [0, 0.1) is 6.92 Å². The third kappa shape index (κ3) is 5.98. The predicted molar refractivity (Wildman–Crippen MR) is 129 cm³/mol. The van der Waals surface area contributed by atoms with E-state index in [9.17, 15) is 9.59 Å². The van der Waals surface area contributed by atoms with Gasteiger partial charge in [0.25, 0.3) is 0 Å². The number of aliphatic imine (C=N–C) groups is 1. The van der Waals surface area contributed by atoms with E-state index in [0.29, 0.717) is 16.4 Å². The number of amidine groups is 1. The molecule has 0 fully saturated rings. The van der Waals surface area contributed by atoms with Gasteiger partial charge in [-0.15, -0.1) is 0 Å². The fraction of sp³-hybridized carbons (Fsp3) is 0.261. The van der Waals surface area contributed by atoms with E-state index < -0.39 is 12.0 Å². The van der Waals surface area contributed by atoms with Crippen molar-refractivity contribution in [3.8, 4) is 0 Å². The van der Waals surface area contributed by atoms with Crippen LogP contribution < -0.4 is 10.6 Å². The Morgan fingerprint density at radius 3 is 2.68 bits per heavy atom. The van der Waals surface area contributed by atoms with E-state index in [1.165, 1.54) is 11.8 Å². The Balaban J connectivity index is 1.78. The van der Waals surface area contributed by atoms with Crippen LogP contribution in [0.3, 0.4) is 0 Å². The normalized spacial score (nSPS) is 15.7. The number of aryl methyl sites for hydroxylation is 1. The quantitative estimate of drug-likeness (QED) is 0.546. The first-order valence-corrected chi connectivity index (χ1v) is 11.6. The number of benzene rings is 2. The van der Waals surface area contributed by atoms with Gasteiger partial charge < -0.3 is 15.4 Å². The number of para-hydroxylation sites is 1. The lowest BCUT2D eigenvalue weighted by Gasteiger charge is -2.25. The molecule has 1 amide bonds. The third-order valence-corrected chi connectivity index (χ3v) is 6.02. The SMILES string of the molecule is CCOC(=O)C1=C(C)NC(SCC(=O)Nc2ccccc2C)=N[C@H]1c1cccc(Br)c1. The number of halogens is 1. The zero-order valence-corrected chi connectivity index (χ0v) is 20.0. The van der Waals surface area contributed by atoms with Crippen molar-refractivity contribution in [2.45, 2.75) is 26.8 Å². The van der Waals surface area contributed by atoms with Crippen LogP contribution in [0.4, 0.5) is 5.69 Å². The molecule has 2 N–H and O–H groups in total. The van der Waals surface area contributed by atoms with E-state index in [-0.39, 0.29) is 18.3 Å². The summed E-state index contributed by atoms with van der Waals surface area (Å²) in [5, 5.41) is 6.65. The first-order chi connectivity index (χ1) is 14.9. The summed E-state index contributed by atoms with van der Waals surface area (Å²) >= 11 is 4.77. The Hall–Kier alpha value is -2.58. The summed E-state index contributed by atoms with van der Waals surface area (Å²) in [5.41, 5.74) is 3.79. The van der Waals surface area contributed by atoms with E-state index in [1.54, 1.807) is 6.92 Å². The van der Waals surface area contributed by atoms with Crippen LogP contribution in [0.2, 0.25) is 0 Å². The number of hydrogen-bond acceptors (Lipinski definition) is 6. The molecule has 0 spiro atoms. The monoisotopic (exact) mass is 501 g/mol. The molecule has 1 atom stereocenters. The number of nitrogens with one attached hydrogen (secondary N) is 2. The van der Waals surface area contributed by atoms with Gasteiger partial charge in [-0.2, -0.15) is 0 Å². The van der Waals surface area contributed by atoms with Crippen molar-refractivity contribution in [1.82, 2.24) is 5.32 Å². The van der Waals surface area contributed by atoms with Crippen LogP contribution >= 0.6 is 27.7 Å². The number of carbonyl (C=O) groups is 2. The Kier molecular flexibility index (Phi) is 7.92. The highest BCUT2D eigenvalue weighted by Crippen LogP contribution is 2.34. The molecule has 0 aliphatic carbocycles. The number of amides is 1. The van der Waals surface area contributed by atoms with Crippen molar-refractivity contribution in [1.29, 1.82) is 0 Å². The second-order valence-electron chi connectivity index (χ2n) is 6.93. The topological polar surface area (TPSA) is 79.8 Å². The molecule has 3 rings (SSSR count). The van der Waals surface area contributed by atoms with Gasteiger partial charge in [-0.05, 0) is 50.1 Å². The molecule has 6 nitrogen and oxygen atoms in total. The second kappa shape index (κ2) is 10.6. The molecule has 0 unspecified atom stereocenters. The first-order valence-electron chi connectivity index (χ1n) is 9.85. The van der Waals surface area contributed by atoms with Gasteiger partial charge in [-0.25, -0.2) is 9.79 Å². The molecule has 8 heteroatoms. The Labute approximate surface area is 194 Å². The van der Waals surface area contributed by atoms with E-state index in [2.05, 4.69) is 26.6 Å². The van der Waals surface area contributed by atoms with Crippen molar-refractivity contribution < 1.29 is 14.3 Å². The number of anilines is 1. The van der Waals surface area contributed by atoms with Gasteiger partial charge >= 0.3 is 5.97 Å². The first kappa shape index (κ1) is 23.1. The van der Waals surface area contributed by atoms with E-state index in [0.717, 1.165) is 21.3 Å². The smallest absolute Gasteiger partial charge is 0.338 e. The van der Waals surface area contributed by atoms with Gasteiger partial charge in [-0.1, -0.05) is 58.0 Å². The standard InChI is InChI=1S/C23H24BrN3O3S/c1-4-30-22(29)20-15(3)25-23(27-21(20)16-9-7-10-17(24)12-16)31-13-19(28)26-18-11-6-5-8-14(18)2/h5-12,21H,4,13H2,1-3H3,(H,25,27)(H,26,28)/t21-/m0/s1. The Morgan fingerprint density at radius 2 is 1.97 bits per heavy atom. The highest BCUT2D eigenvalue weighted by atomic mass is 79.9. The zero-order chi connectivity index (χ0) is 22.4. The van der Waals surface area contributed by atoms with E-state index in [4.69, 9.17) is 9.73 Å². The van der Waals surface area contributed by atoms with Crippen LogP contribution in [0.5, 0.6) is 0 Å². The molecule has 162 valence electrons. The fourth-order valence-electron chi connectivity index (χ4n) is 3.15. The zero-order valence-electron chi connectivity index (χ0n) is 17.6. The van der Waals surface area contributed by atoms with Gasteiger partial charge in [0, 0.05) is 15.9 Å². The number of nitrogens with zero attached hydrogens (tertiary/aromatic N) is 1. The van der Waals surface area contributed by atoms with E-state index in [1.807, 2.05) is 62.4 Å². The number of allylic oxidation sites excluding steroid dienone is 1. The summed E-state index contributed by atoms with van der Waals surface area (Å²) < 4.78 is 6.15. The molecule has 0 bridgehead atoms. The minimum Gasteiger partial charge on any atom is -0.463 e. The molecule has 1 aliphatic heterocycles. The Bertz CT molecular complexity index is 1050. The summed E-state index contributed by atoms with van der Waals surface area (Å²) in [4.78, 5) is 29.8. The molecule has 2 aromatic rings. The molecule has 2 aromatic carbocycles. The minimum atomic E-state index is -0.514. The number of carbonyl (C=O) groups excluding carboxylic acids is 2. The van der Waals surface area contributed by atoms with Crippen molar-refractivity contribution in [3.05, 3.63) is 75.4 Å². The maximum absolute atomic E-state index is 12.6. The average Bonchev–Trinajstić information content (AvgIpc) is 2.73. The molecular formula is C23H24BrN3O3S. The fourth-order valence-corrected chi connectivity index (χ4v) is 4.31. The molecule has 1 aliphatic rings. The van der Waals surface area contributed by atoms with E-state index >= 15 is 0 Å². The maximum Gasteiger partial charge on any atom is 0.338 e. The molecule has 0 saturated carbocycles. The number of thioether (sulfide) groups is 1. The number of ether oxygens (including phenoxy) is 1. The lowest BCUT2D eigenvalue weighted by atomic mass is 9.97. The van der Waals surface area contributed by atoms with Gasteiger partial charge in [0.1, 0.15) is 6.04 Å². The molecule has 31 heavy (non-hydrogen) atoms. The Morgan fingerprint density at radius 1 is 1.19 bits per heavy atom. The summed E-state index contributed by atoms with van der Waals surface area (Å²) in [6.45, 7) is 5.82. The summed E-state index contributed by atoms with van der Waals surface area (Å²) in [5.74, 6) is -0.337. The molecule has 1 heterocycles. The predicted octanol–water partition coefficient (Wildman–Crippen LogP) is 4.97. The molecular weight excluding hydrogens is 478 g/mol. The summed E-state index contributed by atoms with van der Waals surface area (Å²) in [7, 11) is 0. The molecule has 0 aromatic heterocycles. The number of esters is 1. The lowest BCUT2D eigenvalue weighted by Crippen LogP contribution is -2.31. The van der Waals surface area contributed by atoms with Crippen molar-refractivity contribution in [2.24, 2.45) is 4.99 Å². The molecule has 0 saturated heterocycles. The maximum atomic E-state index is 12.6. The van der Waals surface area contributed by atoms with Crippen LogP contribution in [0.1, 0.15) is 31.0 Å². The van der Waals surface area contributed by atoms with Gasteiger partial charge in [0.2, 0.25) is 5.91 Å². The molecule has 0 radical (unpaired) electrons. The third-order valence-electron chi connectivity index (χ3n) is 4.64.